The van der Waals surface area contributed by atoms with Gasteiger partial charge in [-0.2, -0.15) is 0 Å². The Morgan fingerprint density at radius 1 is 1.28 bits per heavy atom. The van der Waals surface area contributed by atoms with E-state index in [1.54, 1.807) is 6.07 Å². The van der Waals surface area contributed by atoms with E-state index in [4.69, 9.17) is 0 Å². The third-order valence-electron chi connectivity index (χ3n) is 4.91. The van der Waals surface area contributed by atoms with E-state index in [-0.39, 0.29) is 0 Å². The fourth-order valence-corrected chi connectivity index (χ4v) is 3.67. The molecule has 3 atom stereocenters. The summed E-state index contributed by atoms with van der Waals surface area (Å²) in [7, 11) is 0. The van der Waals surface area contributed by atoms with Crippen LogP contribution in [-0.4, -0.2) is 11.7 Å². The van der Waals surface area contributed by atoms with Crippen LogP contribution in [0.1, 0.15) is 49.8 Å². The molecule has 1 fully saturated rings. The number of nitrogens with one attached hydrogen (secondary N) is 1. The SMILES string of the molecule is CC1CCCC1CNC1CCc2c(O)cccc21. The summed E-state index contributed by atoms with van der Waals surface area (Å²) in [5.74, 6) is 2.21. The third kappa shape index (κ3) is 2.14. The summed E-state index contributed by atoms with van der Waals surface area (Å²) >= 11 is 0. The highest BCUT2D eigenvalue weighted by molar-refractivity contribution is 5.44. The van der Waals surface area contributed by atoms with Crippen LogP contribution in [0.5, 0.6) is 5.75 Å². The van der Waals surface area contributed by atoms with Gasteiger partial charge in [0, 0.05) is 6.04 Å². The van der Waals surface area contributed by atoms with Gasteiger partial charge in [0.1, 0.15) is 5.75 Å². The molecule has 0 saturated heterocycles. The summed E-state index contributed by atoms with van der Waals surface area (Å²) in [6.45, 7) is 3.52. The van der Waals surface area contributed by atoms with Gasteiger partial charge in [-0.25, -0.2) is 0 Å². The molecule has 0 radical (unpaired) electrons. The molecule has 2 aliphatic rings. The van der Waals surface area contributed by atoms with E-state index in [0.717, 1.165) is 36.8 Å². The van der Waals surface area contributed by atoms with Gasteiger partial charge < -0.3 is 10.4 Å². The number of aromatic hydroxyl groups is 1. The summed E-state index contributed by atoms with van der Waals surface area (Å²) in [6, 6.07) is 6.39. The van der Waals surface area contributed by atoms with Gasteiger partial charge in [-0.3, -0.25) is 0 Å². The van der Waals surface area contributed by atoms with Crippen molar-refractivity contribution in [1.82, 2.24) is 5.32 Å². The van der Waals surface area contributed by atoms with E-state index in [0.29, 0.717) is 11.8 Å². The first-order chi connectivity index (χ1) is 8.75. The van der Waals surface area contributed by atoms with Gasteiger partial charge in [-0.15, -0.1) is 0 Å². The van der Waals surface area contributed by atoms with E-state index in [2.05, 4.69) is 18.3 Å². The minimum atomic E-state index is 0.458. The number of rotatable bonds is 3. The van der Waals surface area contributed by atoms with Crippen LogP contribution in [0.15, 0.2) is 18.2 Å². The van der Waals surface area contributed by atoms with Crippen LogP contribution in [0.3, 0.4) is 0 Å². The van der Waals surface area contributed by atoms with E-state index in [1.165, 1.54) is 24.8 Å². The lowest BCUT2D eigenvalue weighted by molar-refractivity contribution is 0.367. The number of phenolic OH excluding ortho intramolecular Hbond substituents is 1. The lowest BCUT2D eigenvalue weighted by atomic mass is 9.97. The first-order valence-corrected chi connectivity index (χ1v) is 7.30. The van der Waals surface area contributed by atoms with Crippen molar-refractivity contribution >= 4 is 0 Å². The molecule has 0 aliphatic heterocycles. The maximum atomic E-state index is 9.84. The van der Waals surface area contributed by atoms with Crippen molar-refractivity contribution in [3.63, 3.8) is 0 Å². The minimum Gasteiger partial charge on any atom is -0.508 e. The predicted molar refractivity (Wildman–Crippen MR) is 73.7 cm³/mol. The van der Waals surface area contributed by atoms with Crippen molar-refractivity contribution in [2.45, 2.75) is 45.1 Å². The maximum Gasteiger partial charge on any atom is 0.119 e. The first kappa shape index (κ1) is 12.0. The number of phenols is 1. The number of fused-ring (bicyclic) bond motifs is 1. The maximum absolute atomic E-state index is 9.84. The quantitative estimate of drug-likeness (QED) is 0.855. The van der Waals surface area contributed by atoms with Crippen molar-refractivity contribution < 1.29 is 5.11 Å². The molecule has 2 nitrogen and oxygen atoms in total. The second kappa shape index (κ2) is 4.93. The van der Waals surface area contributed by atoms with Crippen molar-refractivity contribution in [3.05, 3.63) is 29.3 Å². The monoisotopic (exact) mass is 245 g/mol. The molecule has 1 aromatic rings. The molecule has 98 valence electrons. The molecule has 2 N–H and O–H groups in total. The summed E-state index contributed by atoms with van der Waals surface area (Å²) in [6.07, 6.45) is 6.33. The summed E-state index contributed by atoms with van der Waals surface area (Å²) in [4.78, 5) is 0. The highest BCUT2D eigenvalue weighted by atomic mass is 16.3. The number of benzene rings is 1. The van der Waals surface area contributed by atoms with Gasteiger partial charge in [0.25, 0.3) is 0 Å². The van der Waals surface area contributed by atoms with Gasteiger partial charge in [0.2, 0.25) is 0 Å². The molecule has 3 rings (SSSR count). The van der Waals surface area contributed by atoms with Crippen molar-refractivity contribution in [3.8, 4) is 5.75 Å². The molecule has 18 heavy (non-hydrogen) atoms. The van der Waals surface area contributed by atoms with Gasteiger partial charge in [0.05, 0.1) is 0 Å². The van der Waals surface area contributed by atoms with Crippen LogP contribution < -0.4 is 5.32 Å². The topological polar surface area (TPSA) is 32.3 Å². The Hall–Kier alpha value is -1.02. The zero-order valence-corrected chi connectivity index (χ0v) is 11.2. The molecule has 1 saturated carbocycles. The second-order valence-electron chi connectivity index (χ2n) is 6.01. The Bertz CT molecular complexity index is 429. The average molecular weight is 245 g/mol. The second-order valence-corrected chi connectivity index (χ2v) is 6.01. The van der Waals surface area contributed by atoms with Crippen molar-refractivity contribution in [2.75, 3.05) is 6.54 Å². The van der Waals surface area contributed by atoms with E-state index >= 15 is 0 Å². The van der Waals surface area contributed by atoms with Gasteiger partial charge in [0.15, 0.2) is 0 Å². The molecule has 0 heterocycles. The predicted octanol–water partition coefficient (Wildman–Crippen LogP) is 3.41. The fourth-order valence-electron chi connectivity index (χ4n) is 3.67. The third-order valence-corrected chi connectivity index (χ3v) is 4.91. The van der Waals surface area contributed by atoms with Gasteiger partial charge >= 0.3 is 0 Å². The summed E-state index contributed by atoms with van der Waals surface area (Å²) in [5, 5.41) is 13.6. The molecule has 2 aliphatic carbocycles. The van der Waals surface area contributed by atoms with Crippen LogP contribution in [-0.2, 0) is 6.42 Å². The van der Waals surface area contributed by atoms with Crippen LogP contribution >= 0.6 is 0 Å². The van der Waals surface area contributed by atoms with Crippen LogP contribution in [0.4, 0.5) is 0 Å². The fraction of sp³-hybridized carbons (Fsp3) is 0.625. The van der Waals surface area contributed by atoms with Crippen molar-refractivity contribution in [1.29, 1.82) is 0 Å². The zero-order valence-electron chi connectivity index (χ0n) is 11.2. The van der Waals surface area contributed by atoms with E-state index in [9.17, 15) is 5.11 Å². The van der Waals surface area contributed by atoms with Crippen LogP contribution in [0, 0.1) is 11.8 Å². The number of hydrogen-bond donors (Lipinski definition) is 2. The zero-order chi connectivity index (χ0) is 12.5. The molecule has 3 unspecified atom stereocenters. The Labute approximate surface area is 109 Å². The van der Waals surface area contributed by atoms with Gasteiger partial charge in [-0.05, 0) is 54.8 Å². The average Bonchev–Trinajstić information content (AvgIpc) is 2.94. The molecular formula is C16H23NO. The lowest BCUT2D eigenvalue weighted by Gasteiger charge is -2.20. The smallest absolute Gasteiger partial charge is 0.119 e. The first-order valence-electron chi connectivity index (χ1n) is 7.30. The van der Waals surface area contributed by atoms with Crippen molar-refractivity contribution in [2.24, 2.45) is 11.8 Å². The normalized spacial score (nSPS) is 30.6. The van der Waals surface area contributed by atoms with Crippen LogP contribution in [0.2, 0.25) is 0 Å². The highest BCUT2D eigenvalue weighted by Gasteiger charge is 2.27. The molecule has 0 bridgehead atoms. The Balaban J connectivity index is 1.64. The summed E-state index contributed by atoms with van der Waals surface area (Å²) in [5.41, 5.74) is 2.48. The largest absolute Gasteiger partial charge is 0.508 e. The molecule has 0 amide bonds. The molecule has 2 heteroatoms. The molecule has 0 aromatic heterocycles. The summed E-state index contributed by atoms with van der Waals surface area (Å²) < 4.78 is 0. The molecular weight excluding hydrogens is 222 g/mol. The Morgan fingerprint density at radius 2 is 2.17 bits per heavy atom. The standard InChI is InChI=1S/C16H23NO/c1-11-4-2-5-12(11)10-17-15-9-8-14-13(15)6-3-7-16(14)18/h3,6-7,11-12,15,17-18H,2,4-5,8-10H2,1H3. The van der Waals surface area contributed by atoms with E-state index in [1.807, 2.05) is 6.07 Å². The lowest BCUT2D eigenvalue weighted by Crippen LogP contribution is -2.27. The molecule has 0 spiro atoms. The van der Waals surface area contributed by atoms with Gasteiger partial charge in [-0.1, -0.05) is 31.9 Å². The minimum absolute atomic E-state index is 0.458. The molecule has 1 aromatic carbocycles. The Morgan fingerprint density at radius 3 is 2.94 bits per heavy atom. The van der Waals surface area contributed by atoms with E-state index < -0.39 is 0 Å². The number of hydrogen-bond acceptors (Lipinski definition) is 2. The highest BCUT2D eigenvalue weighted by Crippen LogP contribution is 2.37. The van der Waals surface area contributed by atoms with Crippen LogP contribution in [0.25, 0.3) is 0 Å². The Kier molecular flexibility index (Phi) is 3.29.